The third-order valence-electron chi connectivity index (χ3n) is 3.54. The lowest BCUT2D eigenvalue weighted by molar-refractivity contribution is -0.113. The number of amides is 1. The number of carbonyl (C=O) groups is 1. The minimum Gasteiger partial charge on any atom is -0.361 e. The smallest absolute Gasteiger partial charge is 0.234 e. The minimum atomic E-state index is -3.22. The van der Waals surface area contributed by atoms with Crippen molar-refractivity contribution in [1.29, 1.82) is 0 Å². The van der Waals surface area contributed by atoms with E-state index in [1.165, 1.54) is 23.9 Å². The van der Waals surface area contributed by atoms with Gasteiger partial charge in [0.05, 0.1) is 22.1 Å². The van der Waals surface area contributed by atoms with E-state index in [9.17, 15) is 13.2 Å². The lowest BCUT2D eigenvalue weighted by Gasteiger charge is -2.07. The Morgan fingerprint density at radius 2 is 1.92 bits per heavy atom. The molecule has 0 saturated heterocycles. The van der Waals surface area contributed by atoms with Crippen LogP contribution in [0.15, 0.2) is 33.7 Å². The van der Waals surface area contributed by atoms with Crippen LogP contribution in [0.5, 0.6) is 0 Å². The van der Waals surface area contributed by atoms with E-state index < -0.39 is 9.84 Å². The van der Waals surface area contributed by atoms with E-state index in [-0.39, 0.29) is 16.6 Å². The topological polar surface area (TPSA) is 89.3 Å². The maximum atomic E-state index is 12.0. The molecular formula is C16H20N2O4S2. The fraction of sp³-hybridized carbons (Fsp3) is 0.375. The summed E-state index contributed by atoms with van der Waals surface area (Å²) in [4.78, 5) is 12.2. The average Bonchev–Trinajstić information content (AvgIpc) is 2.87. The van der Waals surface area contributed by atoms with Crippen molar-refractivity contribution in [2.24, 2.45) is 0 Å². The van der Waals surface area contributed by atoms with Crippen LogP contribution in [0.4, 0.5) is 5.69 Å². The maximum absolute atomic E-state index is 12.0. The Morgan fingerprint density at radius 3 is 2.46 bits per heavy atom. The highest BCUT2D eigenvalue weighted by atomic mass is 32.2. The van der Waals surface area contributed by atoms with Crippen molar-refractivity contribution in [2.75, 3.05) is 16.8 Å². The summed E-state index contributed by atoms with van der Waals surface area (Å²) in [5.41, 5.74) is 2.43. The van der Waals surface area contributed by atoms with E-state index in [4.69, 9.17) is 4.52 Å². The molecule has 1 N–H and O–H groups in total. The summed E-state index contributed by atoms with van der Waals surface area (Å²) in [7, 11) is -3.22. The standard InChI is InChI=1S/C16H20N2O4S2/c1-4-24(20,21)14-7-5-13(6-8-14)17-16(19)10-23-9-15-11(2)18-22-12(15)3/h5-8H,4,9-10H2,1-3H3,(H,17,19). The van der Waals surface area contributed by atoms with E-state index >= 15 is 0 Å². The van der Waals surface area contributed by atoms with E-state index in [1.807, 2.05) is 13.8 Å². The zero-order chi connectivity index (χ0) is 17.7. The molecule has 1 aromatic heterocycles. The van der Waals surface area contributed by atoms with Gasteiger partial charge in [-0.3, -0.25) is 4.79 Å². The zero-order valence-electron chi connectivity index (χ0n) is 13.8. The first-order valence-electron chi connectivity index (χ1n) is 7.45. The van der Waals surface area contributed by atoms with Gasteiger partial charge in [0, 0.05) is 17.0 Å². The number of carbonyl (C=O) groups excluding carboxylic acids is 1. The third kappa shape index (κ3) is 4.61. The Hall–Kier alpha value is -1.80. The van der Waals surface area contributed by atoms with Crippen molar-refractivity contribution >= 4 is 33.2 Å². The first kappa shape index (κ1) is 18.5. The molecule has 1 amide bonds. The number of hydrogen-bond donors (Lipinski definition) is 1. The predicted octanol–water partition coefficient (Wildman–Crippen LogP) is 2.96. The molecule has 1 aromatic carbocycles. The molecule has 0 radical (unpaired) electrons. The Labute approximate surface area is 145 Å². The fourth-order valence-corrected chi connectivity index (χ4v) is 3.92. The average molecular weight is 368 g/mol. The summed E-state index contributed by atoms with van der Waals surface area (Å²) in [6.07, 6.45) is 0. The van der Waals surface area contributed by atoms with Gasteiger partial charge in [0.25, 0.3) is 0 Å². The van der Waals surface area contributed by atoms with E-state index in [1.54, 1.807) is 19.1 Å². The van der Waals surface area contributed by atoms with Gasteiger partial charge < -0.3 is 9.84 Å². The number of nitrogens with zero attached hydrogens (tertiary/aromatic N) is 1. The van der Waals surface area contributed by atoms with Crippen LogP contribution in [0.2, 0.25) is 0 Å². The van der Waals surface area contributed by atoms with Crippen LogP contribution in [0, 0.1) is 13.8 Å². The fourth-order valence-electron chi connectivity index (χ4n) is 2.06. The van der Waals surface area contributed by atoms with Gasteiger partial charge in [-0.25, -0.2) is 8.42 Å². The summed E-state index contributed by atoms with van der Waals surface area (Å²) in [5, 5.41) is 6.63. The number of aryl methyl sites for hydroxylation is 2. The summed E-state index contributed by atoms with van der Waals surface area (Å²) < 4.78 is 28.6. The molecule has 0 aliphatic rings. The lowest BCUT2D eigenvalue weighted by Crippen LogP contribution is -2.14. The third-order valence-corrected chi connectivity index (χ3v) is 6.25. The molecule has 130 valence electrons. The largest absolute Gasteiger partial charge is 0.361 e. The van der Waals surface area contributed by atoms with Gasteiger partial charge in [0.1, 0.15) is 5.76 Å². The Bertz CT molecular complexity index is 792. The monoisotopic (exact) mass is 368 g/mol. The second-order valence-electron chi connectivity index (χ2n) is 5.27. The number of nitrogens with one attached hydrogen (secondary N) is 1. The summed E-state index contributed by atoms with van der Waals surface area (Å²) in [6.45, 7) is 5.32. The van der Waals surface area contributed by atoms with Crippen LogP contribution in [-0.4, -0.2) is 31.0 Å². The van der Waals surface area contributed by atoms with Gasteiger partial charge in [-0.2, -0.15) is 0 Å². The van der Waals surface area contributed by atoms with Crippen LogP contribution >= 0.6 is 11.8 Å². The molecule has 0 fully saturated rings. The second kappa shape index (κ2) is 7.85. The maximum Gasteiger partial charge on any atom is 0.234 e. The molecule has 0 atom stereocenters. The molecule has 0 bridgehead atoms. The van der Waals surface area contributed by atoms with Gasteiger partial charge in [-0.1, -0.05) is 12.1 Å². The predicted molar refractivity (Wildman–Crippen MR) is 94.9 cm³/mol. The van der Waals surface area contributed by atoms with Gasteiger partial charge in [0.2, 0.25) is 5.91 Å². The molecule has 24 heavy (non-hydrogen) atoms. The van der Waals surface area contributed by atoms with Crippen LogP contribution < -0.4 is 5.32 Å². The minimum absolute atomic E-state index is 0.0526. The number of sulfone groups is 1. The normalized spacial score (nSPS) is 11.5. The molecular weight excluding hydrogens is 348 g/mol. The van der Waals surface area contributed by atoms with Crippen molar-refractivity contribution in [2.45, 2.75) is 31.4 Å². The molecule has 0 aliphatic carbocycles. The Balaban J connectivity index is 1.86. The molecule has 0 aliphatic heterocycles. The van der Waals surface area contributed by atoms with Gasteiger partial charge >= 0.3 is 0 Å². The van der Waals surface area contributed by atoms with Crippen molar-refractivity contribution in [3.05, 3.63) is 41.3 Å². The van der Waals surface area contributed by atoms with E-state index in [0.717, 1.165) is 17.0 Å². The number of aromatic nitrogens is 1. The highest BCUT2D eigenvalue weighted by Gasteiger charge is 2.12. The van der Waals surface area contributed by atoms with Crippen molar-refractivity contribution in [1.82, 2.24) is 5.16 Å². The van der Waals surface area contributed by atoms with Gasteiger partial charge in [-0.05, 0) is 38.1 Å². The molecule has 2 rings (SSSR count). The van der Waals surface area contributed by atoms with Crippen molar-refractivity contribution < 1.29 is 17.7 Å². The summed E-state index contributed by atoms with van der Waals surface area (Å²) in [6, 6.07) is 6.20. The number of rotatable bonds is 7. The lowest BCUT2D eigenvalue weighted by atomic mass is 10.2. The molecule has 1 heterocycles. The second-order valence-corrected chi connectivity index (χ2v) is 8.54. The molecule has 6 nitrogen and oxygen atoms in total. The van der Waals surface area contributed by atoms with Crippen molar-refractivity contribution in [3.8, 4) is 0 Å². The van der Waals surface area contributed by atoms with Crippen molar-refractivity contribution in [3.63, 3.8) is 0 Å². The summed E-state index contributed by atoms with van der Waals surface area (Å²) >= 11 is 1.47. The number of thioether (sulfide) groups is 1. The number of anilines is 1. The van der Waals surface area contributed by atoms with Crippen LogP contribution in [0.25, 0.3) is 0 Å². The molecule has 0 spiro atoms. The number of benzene rings is 1. The molecule has 0 saturated carbocycles. The SMILES string of the molecule is CCS(=O)(=O)c1ccc(NC(=O)CSCc2c(C)noc2C)cc1. The first-order chi connectivity index (χ1) is 11.3. The molecule has 8 heteroatoms. The van der Waals surface area contributed by atoms with Gasteiger partial charge in [0.15, 0.2) is 9.84 Å². The summed E-state index contributed by atoms with van der Waals surface area (Å²) in [5.74, 6) is 1.63. The Kier molecular flexibility index (Phi) is 6.06. The van der Waals surface area contributed by atoms with Gasteiger partial charge in [-0.15, -0.1) is 11.8 Å². The highest BCUT2D eigenvalue weighted by Crippen LogP contribution is 2.20. The number of hydrogen-bond acceptors (Lipinski definition) is 6. The van der Waals surface area contributed by atoms with Crippen LogP contribution in [0.3, 0.4) is 0 Å². The molecule has 2 aromatic rings. The van der Waals surface area contributed by atoms with Crippen LogP contribution in [0.1, 0.15) is 23.9 Å². The highest BCUT2D eigenvalue weighted by molar-refractivity contribution is 7.99. The quantitative estimate of drug-likeness (QED) is 0.808. The van der Waals surface area contributed by atoms with Crippen LogP contribution in [-0.2, 0) is 20.4 Å². The first-order valence-corrected chi connectivity index (χ1v) is 10.3. The Morgan fingerprint density at radius 1 is 1.25 bits per heavy atom. The molecule has 0 unspecified atom stereocenters. The zero-order valence-corrected chi connectivity index (χ0v) is 15.5. The van der Waals surface area contributed by atoms with E-state index in [2.05, 4.69) is 10.5 Å². The van der Waals surface area contributed by atoms with E-state index in [0.29, 0.717) is 17.2 Å².